The number of morpholine rings is 1. The first-order chi connectivity index (χ1) is 11.9. The van der Waals surface area contributed by atoms with Gasteiger partial charge >= 0.3 is 0 Å². The SMILES string of the molecule is CC(C)CCC(=O)N1CC2(C1)CN(C)[C@@H](C(=O)NC1CCCC1)CO2. The molecule has 0 aromatic carbocycles. The molecule has 1 saturated carbocycles. The summed E-state index contributed by atoms with van der Waals surface area (Å²) in [4.78, 5) is 28.7. The summed E-state index contributed by atoms with van der Waals surface area (Å²) in [6.07, 6.45) is 6.18. The van der Waals surface area contributed by atoms with Crippen LogP contribution in [0.4, 0.5) is 0 Å². The average Bonchev–Trinajstić information content (AvgIpc) is 3.02. The predicted octanol–water partition coefficient (Wildman–Crippen LogP) is 1.39. The molecule has 25 heavy (non-hydrogen) atoms. The molecule has 3 rings (SSSR count). The number of hydrogen-bond donors (Lipinski definition) is 1. The largest absolute Gasteiger partial charge is 0.368 e. The summed E-state index contributed by atoms with van der Waals surface area (Å²) >= 11 is 0. The van der Waals surface area contributed by atoms with E-state index in [1.165, 1.54) is 12.8 Å². The average molecular weight is 351 g/mol. The van der Waals surface area contributed by atoms with Gasteiger partial charge in [-0.3, -0.25) is 14.5 Å². The Balaban J connectivity index is 1.44. The molecule has 0 aromatic heterocycles. The van der Waals surface area contributed by atoms with E-state index in [2.05, 4.69) is 24.1 Å². The molecule has 6 heteroatoms. The maximum absolute atomic E-state index is 12.5. The fourth-order valence-electron chi connectivity index (χ4n) is 4.22. The molecule has 0 unspecified atom stereocenters. The number of hydrogen-bond acceptors (Lipinski definition) is 4. The molecule has 2 amide bonds. The van der Waals surface area contributed by atoms with Crippen molar-refractivity contribution in [1.29, 1.82) is 0 Å². The number of carbonyl (C=O) groups excluding carboxylic acids is 2. The topological polar surface area (TPSA) is 61.9 Å². The Labute approximate surface area is 151 Å². The first-order valence-electron chi connectivity index (χ1n) is 9.81. The van der Waals surface area contributed by atoms with E-state index in [1.54, 1.807) is 0 Å². The Morgan fingerprint density at radius 2 is 1.88 bits per heavy atom. The highest BCUT2D eigenvalue weighted by Crippen LogP contribution is 2.31. The first-order valence-corrected chi connectivity index (χ1v) is 9.81. The van der Waals surface area contributed by atoms with Gasteiger partial charge in [0.2, 0.25) is 11.8 Å². The van der Waals surface area contributed by atoms with E-state index in [4.69, 9.17) is 4.74 Å². The lowest BCUT2D eigenvalue weighted by Crippen LogP contribution is -2.73. The quantitative estimate of drug-likeness (QED) is 0.813. The Bertz CT molecular complexity index is 496. The summed E-state index contributed by atoms with van der Waals surface area (Å²) in [7, 11) is 1.99. The zero-order chi connectivity index (χ0) is 18.0. The van der Waals surface area contributed by atoms with Crippen molar-refractivity contribution in [2.24, 2.45) is 5.92 Å². The van der Waals surface area contributed by atoms with Gasteiger partial charge < -0.3 is 15.0 Å². The lowest BCUT2D eigenvalue weighted by molar-refractivity contribution is -0.201. The highest BCUT2D eigenvalue weighted by atomic mass is 16.5. The molecular formula is C19H33N3O3. The normalized spacial score (nSPS) is 26.9. The summed E-state index contributed by atoms with van der Waals surface area (Å²) in [6, 6.07) is 0.131. The van der Waals surface area contributed by atoms with Gasteiger partial charge in [-0.25, -0.2) is 0 Å². The Morgan fingerprint density at radius 3 is 2.48 bits per heavy atom. The summed E-state index contributed by atoms with van der Waals surface area (Å²) in [5.74, 6) is 0.871. The van der Waals surface area contributed by atoms with Gasteiger partial charge in [0, 0.05) is 19.0 Å². The van der Waals surface area contributed by atoms with E-state index >= 15 is 0 Å². The van der Waals surface area contributed by atoms with Crippen molar-refractivity contribution in [3.63, 3.8) is 0 Å². The third-order valence-corrected chi connectivity index (χ3v) is 5.87. The van der Waals surface area contributed by atoms with Crippen molar-refractivity contribution in [2.45, 2.75) is 70.1 Å². The van der Waals surface area contributed by atoms with Crippen LogP contribution < -0.4 is 5.32 Å². The number of likely N-dealkylation sites (tertiary alicyclic amines) is 1. The summed E-state index contributed by atoms with van der Waals surface area (Å²) in [5, 5.41) is 3.17. The van der Waals surface area contributed by atoms with E-state index in [-0.39, 0.29) is 23.5 Å². The molecule has 2 aliphatic heterocycles. The Kier molecular flexibility index (Phi) is 5.68. The molecular weight excluding hydrogens is 318 g/mol. The lowest BCUT2D eigenvalue weighted by atomic mass is 9.90. The van der Waals surface area contributed by atoms with Crippen LogP contribution in [0.15, 0.2) is 0 Å². The minimum absolute atomic E-state index is 0.0911. The molecule has 1 atom stereocenters. The molecule has 6 nitrogen and oxygen atoms in total. The second kappa shape index (κ2) is 7.62. The zero-order valence-electron chi connectivity index (χ0n) is 15.9. The third kappa shape index (κ3) is 4.34. The number of amides is 2. The van der Waals surface area contributed by atoms with Crippen molar-refractivity contribution in [3.8, 4) is 0 Å². The molecule has 2 saturated heterocycles. The van der Waals surface area contributed by atoms with Gasteiger partial charge in [0.1, 0.15) is 11.6 Å². The molecule has 1 N–H and O–H groups in total. The van der Waals surface area contributed by atoms with E-state index in [0.29, 0.717) is 44.6 Å². The molecule has 3 aliphatic rings. The number of likely N-dealkylation sites (N-methyl/N-ethyl adjacent to an activating group) is 1. The van der Waals surface area contributed by atoms with Crippen LogP contribution in [0.2, 0.25) is 0 Å². The van der Waals surface area contributed by atoms with Crippen LogP contribution in [0.25, 0.3) is 0 Å². The molecule has 1 spiro atoms. The van der Waals surface area contributed by atoms with E-state index < -0.39 is 0 Å². The highest BCUT2D eigenvalue weighted by Gasteiger charge is 2.51. The number of nitrogens with one attached hydrogen (secondary N) is 1. The molecule has 3 fully saturated rings. The number of nitrogens with zero attached hydrogens (tertiary/aromatic N) is 2. The second-order valence-electron chi connectivity index (χ2n) is 8.60. The third-order valence-electron chi connectivity index (χ3n) is 5.87. The predicted molar refractivity (Wildman–Crippen MR) is 96.2 cm³/mol. The Morgan fingerprint density at radius 1 is 1.20 bits per heavy atom. The molecule has 0 aromatic rings. The summed E-state index contributed by atoms with van der Waals surface area (Å²) in [6.45, 7) is 6.73. The minimum atomic E-state index is -0.271. The fraction of sp³-hybridized carbons (Fsp3) is 0.895. The van der Waals surface area contributed by atoms with Crippen LogP contribution in [0.1, 0.15) is 52.4 Å². The maximum atomic E-state index is 12.5. The van der Waals surface area contributed by atoms with Gasteiger partial charge in [-0.05, 0) is 32.2 Å². The van der Waals surface area contributed by atoms with Crippen molar-refractivity contribution in [3.05, 3.63) is 0 Å². The van der Waals surface area contributed by atoms with Gasteiger partial charge in [-0.15, -0.1) is 0 Å². The van der Waals surface area contributed by atoms with Gasteiger partial charge in [-0.2, -0.15) is 0 Å². The van der Waals surface area contributed by atoms with Crippen LogP contribution in [0, 0.1) is 5.92 Å². The van der Waals surface area contributed by atoms with Crippen LogP contribution in [0.5, 0.6) is 0 Å². The molecule has 0 bridgehead atoms. The van der Waals surface area contributed by atoms with Gasteiger partial charge in [0.25, 0.3) is 0 Å². The van der Waals surface area contributed by atoms with Gasteiger partial charge in [0.05, 0.1) is 19.7 Å². The zero-order valence-corrected chi connectivity index (χ0v) is 15.9. The number of ether oxygens (including phenoxy) is 1. The second-order valence-corrected chi connectivity index (χ2v) is 8.60. The minimum Gasteiger partial charge on any atom is -0.368 e. The lowest BCUT2D eigenvalue weighted by Gasteiger charge is -2.54. The summed E-state index contributed by atoms with van der Waals surface area (Å²) < 4.78 is 6.08. The highest BCUT2D eigenvalue weighted by molar-refractivity contribution is 5.82. The number of rotatable bonds is 5. The van der Waals surface area contributed by atoms with Crippen LogP contribution in [-0.4, -0.2) is 72.6 Å². The maximum Gasteiger partial charge on any atom is 0.239 e. The van der Waals surface area contributed by atoms with Gasteiger partial charge in [0.15, 0.2) is 0 Å². The smallest absolute Gasteiger partial charge is 0.239 e. The van der Waals surface area contributed by atoms with E-state index in [1.807, 2.05) is 11.9 Å². The van der Waals surface area contributed by atoms with Crippen molar-refractivity contribution in [1.82, 2.24) is 15.1 Å². The first kappa shape index (κ1) is 18.6. The van der Waals surface area contributed by atoms with Crippen LogP contribution in [0.3, 0.4) is 0 Å². The van der Waals surface area contributed by atoms with Crippen LogP contribution in [-0.2, 0) is 14.3 Å². The van der Waals surface area contributed by atoms with E-state index in [9.17, 15) is 9.59 Å². The number of carbonyl (C=O) groups is 2. The fourth-order valence-corrected chi connectivity index (χ4v) is 4.22. The molecule has 2 heterocycles. The van der Waals surface area contributed by atoms with Crippen molar-refractivity contribution >= 4 is 11.8 Å². The van der Waals surface area contributed by atoms with Crippen LogP contribution >= 0.6 is 0 Å². The molecule has 0 radical (unpaired) electrons. The van der Waals surface area contributed by atoms with Gasteiger partial charge in [-0.1, -0.05) is 26.7 Å². The molecule has 142 valence electrons. The van der Waals surface area contributed by atoms with E-state index in [0.717, 1.165) is 19.3 Å². The monoisotopic (exact) mass is 351 g/mol. The van der Waals surface area contributed by atoms with Crippen molar-refractivity contribution < 1.29 is 14.3 Å². The summed E-state index contributed by atoms with van der Waals surface area (Å²) in [5.41, 5.74) is -0.271. The molecule has 1 aliphatic carbocycles. The standard InChI is InChI=1S/C19H33N3O3/c1-14(2)8-9-17(23)22-12-19(13-22)11-21(3)16(10-25-19)18(24)20-15-6-4-5-7-15/h14-16H,4-13H2,1-3H3,(H,20,24)/t16-/m1/s1. The Hall–Kier alpha value is -1.14. The van der Waals surface area contributed by atoms with Crippen molar-refractivity contribution in [2.75, 3.05) is 33.3 Å².